The highest BCUT2D eigenvalue weighted by atomic mass is 32.2. The molecule has 3 nitrogen and oxygen atoms in total. The molecule has 1 unspecified atom stereocenters. The maximum Gasteiger partial charge on any atom is 0.416 e. The van der Waals surface area contributed by atoms with Crippen molar-refractivity contribution in [2.45, 2.75) is 18.3 Å². The van der Waals surface area contributed by atoms with Crippen molar-refractivity contribution in [3.8, 4) is 10.6 Å². The third-order valence-electron chi connectivity index (χ3n) is 3.67. The topological polar surface area (TPSA) is 47.0 Å². The molecule has 1 heterocycles. The Morgan fingerprint density at radius 3 is 2.50 bits per heavy atom. The Balaban J connectivity index is 2.14. The maximum atomic E-state index is 12.8. The summed E-state index contributed by atoms with van der Waals surface area (Å²) in [6.45, 7) is 1.57. The number of fused-ring (bicyclic) bond motifs is 1. The zero-order valence-electron chi connectivity index (χ0n) is 12.4. The summed E-state index contributed by atoms with van der Waals surface area (Å²) in [5, 5.41) is -0.197. The first kappa shape index (κ1) is 16.9. The van der Waals surface area contributed by atoms with E-state index in [9.17, 15) is 21.6 Å². The molecule has 0 amide bonds. The second-order valence-electron chi connectivity index (χ2n) is 5.25. The van der Waals surface area contributed by atoms with Gasteiger partial charge in [-0.1, -0.05) is 24.3 Å². The van der Waals surface area contributed by atoms with Crippen LogP contribution >= 0.6 is 11.3 Å². The number of nitrogens with zero attached hydrogens (tertiary/aromatic N) is 1. The molecule has 3 rings (SSSR count). The number of benzene rings is 2. The predicted octanol–water partition coefficient (Wildman–Crippen LogP) is 4.65. The van der Waals surface area contributed by atoms with Crippen molar-refractivity contribution >= 4 is 32.3 Å². The van der Waals surface area contributed by atoms with E-state index < -0.39 is 27.7 Å². The van der Waals surface area contributed by atoms with Crippen LogP contribution in [-0.2, 0) is 16.9 Å². The van der Waals surface area contributed by atoms with Gasteiger partial charge in [-0.2, -0.15) is 13.2 Å². The van der Waals surface area contributed by atoms with E-state index in [1.54, 1.807) is 31.2 Å². The lowest BCUT2D eigenvalue weighted by Crippen LogP contribution is -2.03. The van der Waals surface area contributed by atoms with E-state index in [1.807, 2.05) is 0 Å². The molecule has 8 heteroatoms. The Kier molecular flexibility index (Phi) is 4.35. The fourth-order valence-corrected chi connectivity index (χ4v) is 3.83. The first-order chi connectivity index (χ1) is 11.3. The minimum Gasteiger partial charge on any atom is -0.236 e. The van der Waals surface area contributed by atoms with Crippen LogP contribution in [0.5, 0.6) is 0 Å². The highest BCUT2D eigenvalue weighted by Crippen LogP contribution is 2.37. The standard InChI is InChI=1S/C16H12F3NO2S2/c1-9(24(21)22)11-4-2-3-5-12(11)15-20-13-8-10(16(17,18)19)6-7-14(13)23-15/h2-9,24H,1H3. The van der Waals surface area contributed by atoms with Crippen molar-refractivity contribution in [3.05, 3.63) is 53.6 Å². The van der Waals surface area contributed by atoms with Gasteiger partial charge in [-0.05, 0) is 30.7 Å². The summed E-state index contributed by atoms with van der Waals surface area (Å²) < 4.78 is 61.7. The minimum absolute atomic E-state index is 0.249. The Morgan fingerprint density at radius 1 is 1.12 bits per heavy atom. The van der Waals surface area contributed by atoms with Crippen molar-refractivity contribution in [2.75, 3.05) is 0 Å². The van der Waals surface area contributed by atoms with Gasteiger partial charge in [-0.15, -0.1) is 11.3 Å². The van der Waals surface area contributed by atoms with E-state index in [0.717, 1.165) is 12.1 Å². The quantitative estimate of drug-likeness (QED) is 0.682. The Bertz CT molecular complexity index is 969. The predicted molar refractivity (Wildman–Crippen MR) is 88.8 cm³/mol. The molecule has 3 aromatic rings. The first-order valence-corrected chi connectivity index (χ1v) is 9.04. The van der Waals surface area contributed by atoms with Gasteiger partial charge in [0, 0.05) is 5.56 Å². The Labute approximate surface area is 141 Å². The van der Waals surface area contributed by atoms with Gasteiger partial charge in [0.15, 0.2) is 0 Å². The highest BCUT2D eigenvalue weighted by molar-refractivity contribution is 7.72. The largest absolute Gasteiger partial charge is 0.416 e. The van der Waals surface area contributed by atoms with E-state index in [-0.39, 0.29) is 5.52 Å². The molecular formula is C16H12F3NO2S2. The molecule has 24 heavy (non-hydrogen) atoms. The van der Waals surface area contributed by atoms with Crippen LogP contribution in [0.3, 0.4) is 0 Å². The van der Waals surface area contributed by atoms with Crippen molar-refractivity contribution in [3.63, 3.8) is 0 Å². The van der Waals surface area contributed by atoms with Crippen LogP contribution in [0.15, 0.2) is 42.5 Å². The molecule has 0 aliphatic carbocycles. The highest BCUT2D eigenvalue weighted by Gasteiger charge is 2.31. The lowest BCUT2D eigenvalue weighted by Gasteiger charge is -2.09. The third kappa shape index (κ3) is 3.16. The van der Waals surface area contributed by atoms with Crippen LogP contribution in [0.4, 0.5) is 13.2 Å². The molecule has 0 spiro atoms. The summed E-state index contributed by atoms with van der Waals surface area (Å²) in [6.07, 6.45) is -4.43. The average molecular weight is 371 g/mol. The number of thiazole rings is 1. The molecule has 0 bridgehead atoms. The van der Waals surface area contributed by atoms with E-state index in [2.05, 4.69) is 4.98 Å². The molecule has 2 aromatic carbocycles. The molecular weight excluding hydrogens is 359 g/mol. The molecule has 0 radical (unpaired) electrons. The van der Waals surface area contributed by atoms with Crippen LogP contribution in [-0.4, -0.2) is 13.4 Å². The average Bonchev–Trinajstić information content (AvgIpc) is 2.96. The second-order valence-corrected chi connectivity index (χ2v) is 7.62. The Morgan fingerprint density at radius 2 is 1.83 bits per heavy atom. The summed E-state index contributed by atoms with van der Waals surface area (Å²) in [6, 6.07) is 10.3. The minimum atomic E-state index is -4.43. The van der Waals surface area contributed by atoms with Gasteiger partial charge in [0.1, 0.15) is 15.7 Å². The number of rotatable bonds is 3. The van der Waals surface area contributed by atoms with Crippen LogP contribution in [0.1, 0.15) is 23.3 Å². The molecule has 0 aliphatic heterocycles. The molecule has 0 N–H and O–H groups in total. The number of hydrogen-bond donors (Lipinski definition) is 1. The van der Waals surface area contributed by atoms with E-state index >= 15 is 0 Å². The van der Waals surface area contributed by atoms with Gasteiger partial charge in [0.25, 0.3) is 0 Å². The second kappa shape index (κ2) is 6.18. The zero-order chi connectivity index (χ0) is 17.5. The third-order valence-corrected chi connectivity index (χ3v) is 5.65. The molecule has 1 aromatic heterocycles. The summed E-state index contributed by atoms with van der Waals surface area (Å²) in [5.41, 5.74) is 0.706. The van der Waals surface area contributed by atoms with E-state index in [4.69, 9.17) is 0 Å². The number of halogens is 3. The molecule has 0 saturated heterocycles. The van der Waals surface area contributed by atoms with Crippen LogP contribution in [0.25, 0.3) is 20.8 Å². The smallest absolute Gasteiger partial charge is 0.236 e. The Hall–Kier alpha value is -1.93. The van der Waals surface area contributed by atoms with E-state index in [0.29, 0.717) is 20.8 Å². The fourth-order valence-electron chi connectivity index (χ4n) is 2.39. The molecule has 0 aliphatic rings. The lowest BCUT2D eigenvalue weighted by molar-refractivity contribution is -0.137. The van der Waals surface area contributed by atoms with Crippen LogP contribution < -0.4 is 0 Å². The normalized spacial score (nSPS) is 13.5. The van der Waals surface area contributed by atoms with Crippen LogP contribution in [0.2, 0.25) is 0 Å². The van der Waals surface area contributed by atoms with Gasteiger partial charge in [-0.3, -0.25) is 0 Å². The first-order valence-electron chi connectivity index (χ1n) is 6.98. The monoisotopic (exact) mass is 371 g/mol. The lowest BCUT2D eigenvalue weighted by atomic mass is 10.1. The summed E-state index contributed by atoms with van der Waals surface area (Å²) >= 11 is 1.24. The summed E-state index contributed by atoms with van der Waals surface area (Å²) in [5.74, 6) is 0. The summed E-state index contributed by atoms with van der Waals surface area (Å²) in [4.78, 5) is 4.28. The fraction of sp³-hybridized carbons (Fsp3) is 0.188. The zero-order valence-corrected chi connectivity index (χ0v) is 14.1. The van der Waals surface area contributed by atoms with Crippen molar-refractivity contribution < 1.29 is 21.6 Å². The van der Waals surface area contributed by atoms with Gasteiger partial charge in [-0.25, -0.2) is 13.4 Å². The molecule has 0 saturated carbocycles. The molecule has 126 valence electrons. The number of thiol groups is 1. The van der Waals surface area contributed by atoms with Gasteiger partial charge in [0.05, 0.1) is 21.0 Å². The molecule has 1 atom stereocenters. The van der Waals surface area contributed by atoms with E-state index in [1.165, 1.54) is 17.4 Å². The van der Waals surface area contributed by atoms with Crippen LogP contribution in [0, 0.1) is 0 Å². The SMILES string of the molecule is CC(c1ccccc1-c1nc2cc(C(F)(F)F)ccc2s1)[SH](=O)=O. The number of aromatic nitrogens is 1. The number of hydrogen-bond acceptors (Lipinski definition) is 4. The van der Waals surface area contributed by atoms with Gasteiger partial charge < -0.3 is 0 Å². The maximum absolute atomic E-state index is 12.8. The number of alkyl halides is 3. The van der Waals surface area contributed by atoms with Gasteiger partial charge >= 0.3 is 6.18 Å². The van der Waals surface area contributed by atoms with Crippen molar-refractivity contribution in [1.29, 1.82) is 0 Å². The van der Waals surface area contributed by atoms with Gasteiger partial charge in [0.2, 0.25) is 0 Å². The summed E-state index contributed by atoms with van der Waals surface area (Å²) in [7, 11) is -2.66. The van der Waals surface area contributed by atoms with Crippen molar-refractivity contribution in [2.24, 2.45) is 0 Å². The van der Waals surface area contributed by atoms with Crippen molar-refractivity contribution in [1.82, 2.24) is 4.98 Å². The molecule has 0 fully saturated rings.